The molecule has 0 spiro atoms. The van der Waals surface area contributed by atoms with E-state index in [4.69, 9.17) is 11.6 Å². The third kappa shape index (κ3) is 3.22. The summed E-state index contributed by atoms with van der Waals surface area (Å²) < 4.78 is 36.0. The Hall–Kier alpha value is -0.650. The molecule has 1 atom stereocenters. The van der Waals surface area contributed by atoms with Gasteiger partial charge in [-0.05, 0) is 30.5 Å². The second-order valence-corrected chi connectivity index (χ2v) is 7.31. The van der Waals surface area contributed by atoms with Gasteiger partial charge < -0.3 is 5.32 Å². The Kier molecular flexibility index (Phi) is 4.25. The molecule has 0 saturated carbocycles. The molecule has 2 rings (SSSR count). The van der Waals surface area contributed by atoms with Gasteiger partial charge in [-0.15, -0.1) is 0 Å². The first-order valence-corrected chi connectivity index (χ1v) is 7.94. The molecule has 6 heteroatoms. The van der Waals surface area contributed by atoms with E-state index in [-0.39, 0.29) is 16.8 Å². The predicted octanol–water partition coefficient (Wildman–Crippen LogP) is 2.15. The van der Waals surface area contributed by atoms with Crippen LogP contribution in [0.1, 0.15) is 18.4 Å². The summed E-state index contributed by atoms with van der Waals surface area (Å²) in [5.41, 5.74) is 0.772. The van der Waals surface area contributed by atoms with Crippen LogP contribution >= 0.6 is 11.6 Å². The van der Waals surface area contributed by atoms with Crippen molar-refractivity contribution in [2.75, 3.05) is 12.3 Å². The van der Waals surface area contributed by atoms with Gasteiger partial charge in [-0.2, -0.15) is 0 Å². The van der Waals surface area contributed by atoms with E-state index in [1.807, 2.05) is 0 Å². The Balaban J connectivity index is 1.89. The van der Waals surface area contributed by atoms with Crippen molar-refractivity contribution in [3.05, 3.63) is 34.6 Å². The standard InChI is InChI=1S/C12H15ClFNO2S/c13-12-6-10(14)4-3-9(12)7-15-8-11-2-1-5-18(11,16)17/h3-4,6,11,15H,1-2,5,7-8H2. The van der Waals surface area contributed by atoms with Crippen molar-refractivity contribution < 1.29 is 12.8 Å². The van der Waals surface area contributed by atoms with Gasteiger partial charge >= 0.3 is 0 Å². The van der Waals surface area contributed by atoms with E-state index in [9.17, 15) is 12.8 Å². The van der Waals surface area contributed by atoms with Crippen LogP contribution in [0.5, 0.6) is 0 Å². The number of nitrogens with one attached hydrogen (secondary N) is 1. The van der Waals surface area contributed by atoms with Gasteiger partial charge in [0.1, 0.15) is 5.82 Å². The van der Waals surface area contributed by atoms with Crippen molar-refractivity contribution in [3.8, 4) is 0 Å². The summed E-state index contributed by atoms with van der Waals surface area (Å²) in [4.78, 5) is 0. The summed E-state index contributed by atoms with van der Waals surface area (Å²) in [6.07, 6.45) is 1.46. The Morgan fingerprint density at radius 1 is 1.44 bits per heavy atom. The van der Waals surface area contributed by atoms with E-state index >= 15 is 0 Å². The molecule has 1 fully saturated rings. The van der Waals surface area contributed by atoms with Gasteiger partial charge in [0.15, 0.2) is 9.84 Å². The second kappa shape index (κ2) is 5.55. The van der Waals surface area contributed by atoms with E-state index in [0.717, 1.165) is 12.0 Å². The van der Waals surface area contributed by atoms with Crippen LogP contribution in [0.15, 0.2) is 18.2 Å². The number of benzene rings is 1. The van der Waals surface area contributed by atoms with Crippen molar-refractivity contribution in [1.82, 2.24) is 5.32 Å². The van der Waals surface area contributed by atoms with Gasteiger partial charge in [0.05, 0.1) is 11.0 Å². The van der Waals surface area contributed by atoms with Crippen molar-refractivity contribution in [2.24, 2.45) is 0 Å². The quantitative estimate of drug-likeness (QED) is 0.924. The molecule has 18 heavy (non-hydrogen) atoms. The third-order valence-electron chi connectivity index (χ3n) is 3.17. The summed E-state index contributed by atoms with van der Waals surface area (Å²) in [6, 6.07) is 4.20. The average molecular weight is 292 g/mol. The molecule has 1 aromatic carbocycles. The smallest absolute Gasteiger partial charge is 0.154 e. The van der Waals surface area contributed by atoms with Crippen molar-refractivity contribution in [2.45, 2.75) is 24.6 Å². The molecule has 1 aliphatic heterocycles. The van der Waals surface area contributed by atoms with Gasteiger partial charge in [-0.3, -0.25) is 0 Å². The lowest BCUT2D eigenvalue weighted by Crippen LogP contribution is -2.30. The largest absolute Gasteiger partial charge is 0.311 e. The van der Waals surface area contributed by atoms with Crippen LogP contribution in [0.4, 0.5) is 4.39 Å². The molecule has 1 unspecified atom stereocenters. The lowest BCUT2D eigenvalue weighted by Gasteiger charge is -2.11. The van der Waals surface area contributed by atoms with Crippen LogP contribution in [-0.4, -0.2) is 26.0 Å². The highest BCUT2D eigenvalue weighted by Crippen LogP contribution is 2.20. The molecule has 0 bridgehead atoms. The molecule has 0 aromatic heterocycles. The second-order valence-electron chi connectivity index (χ2n) is 4.50. The lowest BCUT2D eigenvalue weighted by atomic mass is 10.2. The Bertz CT molecular complexity index is 533. The average Bonchev–Trinajstić information content (AvgIpc) is 2.61. The van der Waals surface area contributed by atoms with Gasteiger partial charge in [0, 0.05) is 18.1 Å². The monoisotopic (exact) mass is 291 g/mol. The summed E-state index contributed by atoms with van der Waals surface area (Å²) in [6.45, 7) is 0.876. The maximum Gasteiger partial charge on any atom is 0.154 e. The maximum atomic E-state index is 12.8. The Morgan fingerprint density at radius 2 is 2.22 bits per heavy atom. The molecule has 100 valence electrons. The number of hydrogen-bond donors (Lipinski definition) is 1. The van der Waals surface area contributed by atoms with Gasteiger partial charge in [-0.25, -0.2) is 12.8 Å². The number of hydrogen-bond acceptors (Lipinski definition) is 3. The number of sulfone groups is 1. The molecule has 0 amide bonds. The lowest BCUT2D eigenvalue weighted by molar-refractivity contribution is 0.573. The van der Waals surface area contributed by atoms with Gasteiger partial charge in [0.25, 0.3) is 0 Å². The molecule has 0 radical (unpaired) electrons. The summed E-state index contributed by atoms with van der Waals surface area (Å²) in [5, 5.41) is 3.14. The van der Waals surface area contributed by atoms with Crippen LogP contribution < -0.4 is 5.32 Å². The number of rotatable bonds is 4. The van der Waals surface area contributed by atoms with Crippen molar-refractivity contribution in [3.63, 3.8) is 0 Å². The fourth-order valence-electron chi connectivity index (χ4n) is 2.12. The van der Waals surface area contributed by atoms with E-state index < -0.39 is 9.84 Å². The zero-order chi connectivity index (χ0) is 13.2. The van der Waals surface area contributed by atoms with Crippen LogP contribution in [0.25, 0.3) is 0 Å². The van der Waals surface area contributed by atoms with Gasteiger partial charge in [-0.1, -0.05) is 17.7 Å². The Morgan fingerprint density at radius 3 is 2.83 bits per heavy atom. The minimum atomic E-state index is -2.91. The zero-order valence-electron chi connectivity index (χ0n) is 9.83. The van der Waals surface area contributed by atoms with E-state index in [2.05, 4.69) is 5.32 Å². The highest BCUT2D eigenvalue weighted by Gasteiger charge is 2.30. The molecule has 0 aliphatic carbocycles. The van der Waals surface area contributed by atoms with Crippen LogP contribution in [0.2, 0.25) is 5.02 Å². The molecule has 1 N–H and O–H groups in total. The molecular weight excluding hydrogens is 277 g/mol. The SMILES string of the molecule is O=S1(=O)CCCC1CNCc1ccc(F)cc1Cl. The molecule has 1 heterocycles. The zero-order valence-corrected chi connectivity index (χ0v) is 11.4. The molecule has 1 saturated heterocycles. The molecule has 1 aromatic rings. The first-order valence-electron chi connectivity index (χ1n) is 5.85. The Labute approximate surface area is 111 Å². The summed E-state index contributed by atoms with van der Waals surface area (Å²) in [7, 11) is -2.91. The number of halogens is 2. The van der Waals surface area contributed by atoms with E-state index in [1.54, 1.807) is 6.07 Å². The first-order chi connectivity index (χ1) is 8.49. The molecule has 3 nitrogen and oxygen atoms in total. The normalized spacial score (nSPS) is 22.2. The minimum absolute atomic E-state index is 0.288. The highest BCUT2D eigenvalue weighted by molar-refractivity contribution is 7.92. The predicted molar refractivity (Wildman–Crippen MR) is 69.9 cm³/mol. The third-order valence-corrected chi connectivity index (χ3v) is 5.79. The fraction of sp³-hybridized carbons (Fsp3) is 0.500. The minimum Gasteiger partial charge on any atom is -0.311 e. The fourth-order valence-corrected chi connectivity index (χ4v) is 4.15. The van der Waals surface area contributed by atoms with Crippen LogP contribution in [-0.2, 0) is 16.4 Å². The van der Waals surface area contributed by atoms with E-state index in [1.165, 1.54) is 12.1 Å². The van der Waals surface area contributed by atoms with E-state index in [0.29, 0.717) is 24.5 Å². The van der Waals surface area contributed by atoms with Crippen molar-refractivity contribution in [1.29, 1.82) is 0 Å². The maximum absolute atomic E-state index is 12.8. The summed E-state index contributed by atoms with van der Waals surface area (Å²) in [5.74, 6) is -0.0847. The van der Waals surface area contributed by atoms with Crippen molar-refractivity contribution >= 4 is 21.4 Å². The first kappa shape index (κ1) is 13.8. The van der Waals surface area contributed by atoms with Crippen LogP contribution in [0, 0.1) is 5.82 Å². The van der Waals surface area contributed by atoms with Gasteiger partial charge in [0.2, 0.25) is 0 Å². The molecule has 1 aliphatic rings. The van der Waals surface area contributed by atoms with Crippen LogP contribution in [0.3, 0.4) is 0 Å². The molecular formula is C12H15ClFNO2S. The highest BCUT2D eigenvalue weighted by atomic mass is 35.5. The summed E-state index contributed by atoms with van der Waals surface area (Å²) >= 11 is 5.88. The topological polar surface area (TPSA) is 46.2 Å².